The van der Waals surface area contributed by atoms with E-state index >= 15 is 0 Å². The zero-order chi connectivity index (χ0) is 16.4. The van der Waals surface area contributed by atoms with Gasteiger partial charge in [-0.25, -0.2) is 9.37 Å². The smallest absolute Gasteiger partial charge is 0.249 e. The van der Waals surface area contributed by atoms with E-state index in [0.717, 1.165) is 23.4 Å². The maximum absolute atomic E-state index is 13.9. The molecule has 3 rings (SSSR count). The van der Waals surface area contributed by atoms with Crippen molar-refractivity contribution in [3.63, 3.8) is 0 Å². The van der Waals surface area contributed by atoms with E-state index in [2.05, 4.69) is 10.3 Å². The number of carbonyl (C=O) groups excluding carboxylic acids is 1. The van der Waals surface area contributed by atoms with Gasteiger partial charge in [-0.1, -0.05) is 12.1 Å². The monoisotopic (exact) mass is 334 g/mol. The number of nitrogens with zero attached hydrogens (tertiary/aromatic N) is 1. The number of aryl methyl sites for hydroxylation is 1. The van der Waals surface area contributed by atoms with Crippen LogP contribution >= 0.6 is 11.3 Å². The number of thiazole rings is 1. The van der Waals surface area contributed by atoms with Gasteiger partial charge in [0.05, 0.1) is 16.6 Å². The van der Waals surface area contributed by atoms with Gasteiger partial charge >= 0.3 is 0 Å². The van der Waals surface area contributed by atoms with Gasteiger partial charge in [0.2, 0.25) is 5.91 Å². The average Bonchev–Trinajstić information content (AvgIpc) is 3.17. The number of ether oxygens (including phenoxy) is 1. The molecule has 0 unspecified atom stereocenters. The highest BCUT2D eigenvalue weighted by atomic mass is 32.1. The van der Waals surface area contributed by atoms with Gasteiger partial charge in [0.15, 0.2) is 0 Å². The molecule has 0 saturated carbocycles. The van der Waals surface area contributed by atoms with Gasteiger partial charge in [0.25, 0.3) is 0 Å². The summed E-state index contributed by atoms with van der Waals surface area (Å²) in [5.41, 5.74) is 1.30. The Hall–Kier alpha value is -1.79. The summed E-state index contributed by atoms with van der Waals surface area (Å²) in [6.07, 6.45) is 1.33. The fraction of sp³-hybridized carbons (Fsp3) is 0.412. The van der Waals surface area contributed by atoms with E-state index in [1.165, 1.54) is 17.4 Å². The Bertz CT molecular complexity index is 710. The second-order valence-corrected chi connectivity index (χ2v) is 6.71. The van der Waals surface area contributed by atoms with Crippen LogP contribution < -0.4 is 5.32 Å². The van der Waals surface area contributed by atoms with Gasteiger partial charge in [0.1, 0.15) is 16.9 Å². The Kier molecular flexibility index (Phi) is 4.73. The Balaban J connectivity index is 1.77. The SMILES string of the molecule is Cc1nc(-c2ccccc2F)sc1[C@@H](C)NC(=O)[C@H]1CCCO1. The summed E-state index contributed by atoms with van der Waals surface area (Å²) in [4.78, 5) is 17.6. The van der Waals surface area contributed by atoms with Gasteiger partial charge in [-0.3, -0.25) is 4.79 Å². The molecule has 0 aliphatic carbocycles. The van der Waals surface area contributed by atoms with E-state index in [4.69, 9.17) is 4.74 Å². The molecule has 1 fully saturated rings. The molecule has 2 aromatic rings. The van der Waals surface area contributed by atoms with Crippen molar-refractivity contribution < 1.29 is 13.9 Å². The molecule has 1 amide bonds. The third-order valence-electron chi connectivity index (χ3n) is 3.91. The van der Waals surface area contributed by atoms with Crippen molar-refractivity contribution in [2.75, 3.05) is 6.61 Å². The summed E-state index contributed by atoms with van der Waals surface area (Å²) < 4.78 is 19.3. The molecule has 1 aliphatic rings. The fourth-order valence-corrected chi connectivity index (χ4v) is 3.81. The normalized spacial score (nSPS) is 18.8. The number of hydrogen-bond donors (Lipinski definition) is 1. The number of benzene rings is 1. The molecule has 1 aromatic carbocycles. The van der Waals surface area contributed by atoms with Crippen molar-refractivity contribution in [3.8, 4) is 10.6 Å². The minimum atomic E-state index is -0.350. The van der Waals surface area contributed by atoms with E-state index in [1.54, 1.807) is 18.2 Å². The molecule has 23 heavy (non-hydrogen) atoms. The lowest BCUT2D eigenvalue weighted by Crippen LogP contribution is -2.35. The number of hydrogen-bond acceptors (Lipinski definition) is 4. The molecule has 0 spiro atoms. The maximum Gasteiger partial charge on any atom is 0.249 e. The molecule has 122 valence electrons. The first-order chi connectivity index (χ1) is 11.1. The molecular weight excluding hydrogens is 315 g/mol. The third-order valence-corrected chi connectivity index (χ3v) is 5.28. The number of amides is 1. The van der Waals surface area contributed by atoms with Crippen molar-refractivity contribution in [3.05, 3.63) is 40.7 Å². The van der Waals surface area contributed by atoms with E-state index < -0.39 is 0 Å². The average molecular weight is 334 g/mol. The number of aromatic nitrogens is 1. The first-order valence-electron chi connectivity index (χ1n) is 7.70. The first kappa shape index (κ1) is 16.1. The lowest BCUT2D eigenvalue weighted by molar-refractivity contribution is -0.130. The molecule has 0 radical (unpaired) electrons. The van der Waals surface area contributed by atoms with Crippen molar-refractivity contribution in [1.82, 2.24) is 10.3 Å². The van der Waals surface area contributed by atoms with Crippen LogP contribution in [0.1, 0.15) is 36.4 Å². The molecule has 1 aromatic heterocycles. The predicted molar refractivity (Wildman–Crippen MR) is 87.8 cm³/mol. The Morgan fingerprint density at radius 3 is 2.96 bits per heavy atom. The Morgan fingerprint density at radius 1 is 1.48 bits per heavy atom. The zero-order valence-electron chi connectivity index (χ0n) is 13.1. The molecular formula is C17H19FN2O2S. The third kappa shape index (κ3) is 3.43. The number of nitrogens with one attached hydrogen (secondary N) is 1. The predicted octanol–water partition coefficient (Wildman–Crippen LogP) is 3.61. The molecule has 0 bridgehead atoms. The van der Waals surface area contributed by atoms with E-state index in [9.17, 15) is 9.18 Å². The van der Waals surface area contributed by atoms with Crippen LogP contribution in [0.3, 0.4) is 0 Å². The number of carbonyl (C=O) groups is 1. The molecule has 1 saturated heterocycles. The summed E-state index contributed by atoms with van der Waals surface area (Å²) in [5.74, 6) is -0.376. The van der Waals surface area contributed by atoms with Gasteiger partial charge in [-0.2, -0.15) is 0 Å². The summed E-state index contributed by atoms with van der Waals surface area (Å²) in [6, 6.07) is 6.41. The highest BCUT2D eigenvalue weighted by molar-refractivity contribution is 7.15. The number of rotatable bonds is 4. The molecule has 2 atom stereocenters. The molecule has 6 heteroatoms. The molecule has 4 nitrogen and oxygen atoms in total. The van der Waals surface area contributed by atoms with Gasteiger partial charge in [-0.05, 0) is 38.8 Å². The standard InChI is InChI=1S/C17H19FN2O2S/c1-10(19-16(21)14-8-5-9-22-14)15-11(2)20-17(23-15)12-6-3-4-7-13(12)18/h3-4,6-7,10,14H,5,8-9H2,1-2H3,(H,19,21)/t10-,14-/m1/s1. The van der Waals surface area contributed by atoms with Gasteiger partial charge in [-0.15, -0.1) is 11.3 Å². The molecule has 2 heterocycles. The van der Waals surface area contributed by atoms with Gasteiger partial charge in [0, 0.05) is 12.2 Å². The highest BCUT2D eigenvalue weighted by Crippen LogP contribution is 2.33. The quantitative estimate of drug-likeness (QED) is 0.929. The fourth-order valence-electron chi connectivity index (χ4n) is 2.72. The summed E-state index contributed by atoms with van der Waals surface area (Å²) >= 11 is 1.41. The zero-order valence-corrected chi connectivity index (χ0v) is 14.0. The lowest BCUT2D eigenvalue weighted by atomic mass is 10.2. The van der Waals surface area contributed by atoms with Crippen LogP contribution in [0, 0.1) is 12.7 Å². The number of halogens is 1. The second-order valence-electron chi connectivity index (χ2n) is 5.68. The first-order valence-corrected chi connectivity index (χ1v) is 8.52. The van der Waals surface area contributed by atoms with E-state index in [-0.39, 0.29) is 23.9 Å². The van der Waals surface area contributed by atoms with Crippen molar-refractivity contribution >= 4 is 17.2 Å². The van der Waals surface area contributed by atoms with Crippen molar-refractivity contribution in [2.24, 2.45) is 0 Å². The van der Waals surface area contributed by atoms with Crippen molar-refractivity contribution in [2.45, 2.75) is 38.8 Å². The highest BCUT2D eigenvalue weighted by Gasteiger charge is 2.26. The van der Waals surface area contributed by atoms with Crippen LogP contribution in [0.5, 0.6) is 0 Å². The van der Waals surface area contributed by atoms with Crippen LogP contribution in [-0.2, 0) is 9.53 Å². The summed E-state index contributed by atoms with van der Waals surface area (Å²) in [5, 5.41) is 3.60. The van der Waals surface area contributed by atoms with Crippen LogP contribution in [-0.4, -0.2) is 23.6 Å². The van der Waals surface area contributed by atoms with Crippen molar-refractivity contribution in [1.29, 1.82) is 0 Å². The van der Waals surface area contributed by atoms with Crippen LogP contribution in [0.15, 0.2) is 24.3 Å². The summed E-state index contributed by atoms with van der Waals surface area (Å²) in [6.45, 7) is 4.44. The van der Waals surface area contributed by atoms with Crippen LogP contribution in [0.2, 0.25) is 0 Å². The van der Waals surface area contributed by atoms with Gasteiger partial charge < -0.3 is 10.1 Å². The van der Waals surface area contributed by atoms with E-state index in [1.807, 2.05) is 13.8 Å². The maximum atomic E-state index is 13.9. The second kappa shape index (κ2) is 6.76. The minimum absolute atomic E-state index is 0.0877. The van der Waals surface area contributed by atoms with Crippen LogP contribution in [0.4, 0.5) is 4.39 Å². The summed E-state index contributed by atoms with van der Waals surface area (Å²) in [7, 11) is 0. The van der Waals surface area contributed by atoms with E-state index in [0.29, 0.717) is 17.2 Å². The van der Waals surface area contributed by atoms with Crippen LogP contribution in [0.25, 0.3) is 10.6 Å². The Morgan fingerprint density at radius 2 is 2.26 bits per heavy atom. The lowest BCUT2D eigenvalue weighted by Gasteiger charge is -2.16. The molecule has 1 N–H and O–H groups in total. The minimum Gasteiger partial charge on any atom is -0.368 e. The largest absolute Gasteiger partial charge is 0.368 e. The topological polar surface area (TPSA) is 51.2 Å². The Labute approximate surface area is 138 Å². The molecule has 1 aliphatic heterocycles.